The fraction of sp³-hybridized carbons (Fsp3) is 0.250. The maximum Gasteiger partial charge on any atom is 0.262 e. The van der Waals surface area contributed by atoms with Gasteiger partial charge in [0, 0.05) is 30.2 Å². The van der Waals surface area contributed by atoms with Gasteiger partial charge in [-0.2, -0.15) is 4.31 Å². The topological polar surface area (TPSA) is 88.9 Å². The molecule has 1 heterocycles. The predicted molar refractivity (Wildman–Crippen MR) is 107 cm³/mol. The van der Waals surface area contributed by atoms with Crippen LogP contribution in [0.3, 0.4) is 0 Å². The standard InChI is InChI=1S/C20H22N2O5S/c1-3-22(4-2)28(24,25)18-7-5-6-16(12-18)21-20(23)14-27-17-9-8-15-10-11-26-19(15)13-17/h5-13H,3-4,14H2,1-2H3,(H,21,23). The molecule has 0 unspecified atom stereocenters. The molecule has 0 aliphatic carbocycles. The molecule has 0 saturated heterocycles. The molecule has 148 valence electrons. The molecular weight excluding hydrogens is 380 g/mol. The summed E-state index contributed by atoms with van der Waals surface area (Å²) in [4.78, 5) is 12.3. The number of fused-ring (bicyclic) bond motifs is 1. The van der Waals surface area contributed by atoms with Gasteiger partial charge in [0.05, 0.1) is 11.2 Å². The first-order valence-corrected chi connectivity index (χ1v) is 10.4. The summed E-state index contributed by atoms with van der Waals surface area (Å²) in [6, 6.07) is 13.3. The van der Waals surface area contributed by atoms with Crippen molar-refractivity contribution in [3.63, 3.8) is 0 Å². The van der Waals surface area contributed by atoms with E-state index in [4.69, 9.17) is 9.15 Å². The first-order chi connectivity index (χ1) is 13.4. The molecule has 28 heavy (non-hydrogen) atoms. The van der Waals surface area contributed by atoms with Crippen LogP contribution in [0, 0.1) is 0 Å². The lowest BCUT2D eigenvalue weighted by Crippen LogP contribution is -2.30. The molecule has 0 fully saturated rings. The lowest BCUT2D eigenvalue weighted by molar-refractivity contribution is -0.118. The van der Waals surface area contributed by atoms with Crippen LogP contribution in [0.5, 0.6) is 5.75 Å². The molecule has 8 heteroatoms. The van der Waals surface area contributed by atoms with E-state index >= 15 is 0 Å². The fourth-order valence-corrected chi connectivity index (χ4v) is 4.32. The van der Waals surface area contributed by atoms with Crippen LogP contribution in [0.4, 0.5) is 5.69 Å². The lowest BCUT2D eigenvalue weighted by atomic mass is 10.2. The van der Waals surface area contributed by atoms with Crippen molar-refractivity contribution < 1.29 is 22.4 Å². The van der Waals surface area contributed by atoms with E-state index in [9.17, 15) is 13.2 Å². The van der Waals surface area contributed by atoms with Crippen LogP contribution in [0.15, 0.2) is 64.1 Å². The van der Waals surface area contributed by atoms with E-state index in [0.717, 1.165) is 5.39 Å². The van der Waals surface area contributed by atoms with Gasteiger partial charge in [-0.1, -0.05) is 19.9 Å². The number of nitrogens with zero attached hydrogens (tertiary/aromatic N) is 1. The number of sulfonamides is 1. The minimum atomic E-state index is -3.59. The van der Waals surface area contributed by atoms with Gasteiger partial charge in [-0.15, -0.1) is 0 Å². The van der Waals surface area contributed by atoms with Crippen LogP contribution in [0.1, 0.15) is 13.8 Å². The molecule has 3 rings (SSSR count). The molecule has 0 aliphatic heterocycles. The van der Waals surface area contributed by atoms with Crippen LogP contribution in [0.25, 0.3) is 11.0 Å². The Balaban J connectivity index is 1.65. The van der Waals surface area contributed by atoms with E-state index in [1.807, 2.05) is 12.1 Å². The highest BCUT2D eigenvalue weighted by atomic mass is 32.2. The van der Waals surface area contributed by atoms with Crippen molar-refractivity contribution >= 4 is 32.6 Å². The highest BCUT2D eigenvalue weighted by Crippen LogP contribution is 2.22. The summed E-state index contributed by atoms with van der Waals surface area (Å²) in [6.07, 6.45) is 1.58. The molecule has 0 radical (unpaired) electrons. The minimum Gasteiger partial charge on any atom is -0.484 e. The van der Waals surface area contributed by atoms with Crippen molar-refractivity contribution in [3.8, 4) is 5.75 Å². The van der Waals surface area contributed by atoms with Gasteiger partial charge in [-0.05, 0) is 36.4 Å². The second kappa shape index (κ2) is 8.45. The number of anilines is 1. The summed E-state index contributed by atoms with van der Waals surface area (Å²) in [6.45, 7) is 4.11. The number of rotatable bonds is 8. The molecule has 2 aromatic carbocycles. The van der Waals surface area contributed by atoms with Gasteiger partial charge in [0.2, 0.25) is 10.0 Å². The smallest absolute Gasteiger partial charge is 0.262 e. The van der Waals surface area contributed by atoms with Crippen LogP contribution in [0.2, 0.25) is 0 Å². The van der Waals surface area contributed by atoms with E-state index in [1.54, 1.807) is 44.4 Å². The van der Waals surface area contributed by atoms with Crippen LogP contribution in [-0.4, -0.2) is 38.3 Å². The maximum absolute atomic E-state index is 12.6. The Labute approximate surface area is 163 Å². The van der Waals surface area contributed by atoms with Gasteiger partial charge >= 0.3 is 0 Å². The van der Waals surface area contributed by atoms with E-state index in [0.29, 0.717) is 30.1 Å². The van der Waals surface area contributed by atoms with Crippen LogP contribution in [-0.2, 0) is 14.8 Å². The van der Waals surface area contributed by atoms with Gasteiger partial charge in [0.15, 0.2) is 6.61 Å². The Morgan fingerprint density at radius 1 is 1.11 bits per heavy atom. The molecule has 3 aromatic rings. The predicted octanol–water partition coefficient (Wildman–Crippen LogP) is 3.48. The Bertz CT molecular complexity index is 1070. The molecule has 7 nitrogen and oxygen atoms in total. The van der Waals surface area contributed by atoms with Gasteiger partial charge in [-0.25, -0.2) is 8.42 Å². The maximum atomic E-state index is 12.6. The zero-order chi connectivity index (χ0) is 20.1. The lowest BCUT2D eigenvalue weighted by Gasteiger charge is -2.18. The summed E-state index contributed by atoms with van der Waals surface area (Å²) >= 11 is 0. The zero-order valence-electron chi connectivity index (χ0n) is 15.7. The van der Waals surface area contributed by atoms with E-state index < -0.39 is 15.9 Å². The molecule has 0 aliphatic rings. The second-order valence-electron chi connectivity index (χ2n) is 6.07. The number of ether oxygens (including phenoxy) is 1. The van der Waals surface area contributed by atoms with Crippen molar-refractivity contribution in [2.45, 2.75) is 18.7 Å². The average Bonchev–Trinajstić information content (AvgIpc) is 3.15. The van der Waals surface area contributed by atoms with Gasteiger partial charge in [-0.3, -0.25) is 4.79 Å². The number of furan rings is 1. The first-order valence-electron chi connectivity index (χ1n) is 8.94. The number of amides is 1. The van der Waals surface area contributed by atoms with Crippen molar-refractivity contribution in [2.24, 2.45) is 0 Å². The van der Waals surface area contributed by atoms with Crippen molar-refractivity contribution in [2.75, 3.05) is 25.0 Å². The molecule has 0 bridgehead atoms. The summed E-state index contributed by atoms with van der Waals surface area (Å²) in [5.74, 6) is 0.118. The highest BCUT2D eigenvalue weighted by molar-refractivity contribution is 7.89. The van der Waals surface area contributed by atoms with Gasteiger partial charge in [0.1, 0.15) is 11.3 Å². The normalized spacial score (nSPS) is 11.7. The molecule has 1 aromatic heterocycles. The summed E-state index contributed by atoms with van der Waals surface area (Å²) in [7, 11) is -3.59. The minimum absolute atomic E-state index is 0.137. The second-order valence-corrected chi connectivity index (χ2v) is 8.01. The Hall–Kier alpha value is -2.84. The van der Waals surface area contributed by atoms with Gasteiger partial charge in [0.25, 0.3) is 5.91 Å². The molecular formula is C20H22N2O5S. The fourth-order valence-electron chi connectivity index (χ4n) is 2.82. The number of benzene rings is 2. The van der Waals surface area contributed by atoms with Crippen LogP contribution < -0.4 is 10.1 Å². The Kier molecular flexibility index (Phi) is 6.01. The number of carbonyl (C=O) groups excluding carboxylic acids is 1. The zero-order valence-corrected chi connectivity index (χ0v) is 16.5. The SMILES string of the molecule is CCN(CC)S(=O)(=O)c1cccc(NC(=O)COc2ccc3ccoc3c2)c1. The molecule has 1 N–H and O–H groups in total. The molecule has 1 amide bonds. The largest absolute Gasteiger partial charge is 0.484 e. The first kappa shape index (κ1) is 19.9. The molecule has 0 atom stereocenters. The molecule has 0 saturated carbocycles. The average molecular weight is 402 g/mol. The number of hydrogen-bond donors (Lipinski definition) is 1. The number of nitrogens with one attached hydrogen (secondary N) is 1. The Morgan fingerprint density at radius 3 is 2.64 bits per heavy atom. The number of hydrogen-bond acceptors (Lipinski definition) is 5. The van der Waals surface area contributed by atoms with E-state index in [1.165, 1.54) is 16.4 Å². The van der Waals surface area contributed by atoms with Gasteiger partial charge < -0.3 is 14.5 Å². The summed E-state index contributed by atoms with van der Waals surface area (Å²) in [5, 5.41) is 3.61. The third kappa shape index (κ3) is 4.35. The summed E-state index contributed by atoms with van der Waals surface area (Å²) < 4.78 is 37.4. The Morgan fingerprint density at radius 2 is 1.89 bits per heavy atom. The summed E-state index contributed by atoms with van der Waals surface area (Å²) in [5.41, 5.74) is 1.07. The van der Waals surface area contributed by atoms with Crippen molar-refractivity contribution in [3.05, 3.63) is 54.8 Å². The third-order valence-corrected chi connectivity index (χ3v) is 6.30. The van der Waals surface area contributed by atoms with Crippen molar-refractivity contribution in [1.29, 1.82) is 0 Å². The van der Waals surface area contributed by atoms with E-state index in [2.05, 4.69) is 5.32 Å². The highest BCUT2D eigenvalue weighted by Gasteiger charge is 2.21. The molecule has 0 spiro atoms. The van der Waals surface area contributed by atoms with Crippen LogP contribution >= 0.6 is 0 Å². The van der Waals surface area contributed by atoms with E-state index in [-0.39, 0.29) is 11.5 Å². The monoisotopic (exact) mass is 402 g/mol. The third-order valence-electron chi connectivity index (χ3n) is 4.26. The quantitative estimate of drug-likeness (QED) is 0.623. The number of carbonyl (C=O) groups is 1. The van der Waals surface area contributed by atoms with Crippen molar-refractivity contribution in [1.82, 2.24) is 4.31 Å².